The smallest absolute Gasteiger partial charge is 0.366 e. The Kier molecular flexibility index (Phi) is 5.63. The van der Waals surface area contributed by atoms with Crippen LogP contribution in [0.15, 0.2) is 66.9 Å². The molecule has 0 radical (unpaired) electrons. The molecule has 0 saturated carbocycles. The molecule has 0 fully saturated rings. The Balaban J connectivity index is 1.66. The highest BCUT2D eigenvalue weighted by Crippen LogP contribution is 2.29. The lowest BCUT2D eigenvalue weighted by molar-refractivity contribution is -0.137. The standard InChI is InChI=1S/C21H18F3N3O/c1-14-4-2-3-5-16(14)13-26-19-12-15(10-11-25-19)20(28)27-18-8-6-17(7-9-18)21(22,23)24/h2-12H,13H2,1H3,(H,25,26)(H,27,28). The van der Waals surface area contributed by atoms with Crippen molar-refractivity contribution >= 4 is 17.4 Å². The van der Waals surface area contributed by atoms with E-state index in [4.69, 9.17) is 0 Å². The van der Waals surface area contributed by atoms with Gasteiger partial charge in [0.1, 0.15) is 5.82 Å². The largest absolute Gasteiger partial charge is 0.416 e. The summed E-state index contributed by atoms with van der Waals surface area (Å²) in [5.41, 5.74) is 2.12. The van der Waals surface area contributed by atoms with Crippen molar-refractivity contribution in [1.29, 1.82) is 0 Å². The minimum absolute atomic E-state index is 0.282. The van der Waals surface area contributed by atoms with E-state index >= 15 is 0 Å². The third kappa shape index (κ3) is 4.88. The van der Waals surface area contributed by atoms with Crippen LogP contribution in [-0.2, 0) is 12.7 Å². The summed E-state index contributed by atoms with van der Waals surface area (Å²) in [4.78, 5) is 16.6. The van der Waals surface area contributed by atoms with Crippen LogP contribution >= 0.6 is 0 Å². The van der Waals surface area contributed by atoms with Crippen LogP contribution in [0.1, 0.15) is 27.0 Å². The van der Waals surface area contributed by atoms with E-state index in [1.807, 2.05) is 31.2 Å². The molecule has 2 aromatic carbocycles. The maximum atomic E-state index is 12.6. The number of hydrogen-bond acceptors (Lipinski definition) is 3. The van der Waals surface area contributed by atoms with Gasteiger partial charge in [-0.2, -0.15) is 13.2 Å². The van der Waals surface area contributed by atoms with Crippen molar-refractivity contribution < 1.29 is 18.0 Å². The quantitative estimate of drug-likeness (QED) is 0.629. The molecule has 1 aromatic heterocycles. The van der Waals surface area contributed by atoms with Crippen molar-refractivity contribution in [2.24, 2.45) is 0 Å². The molecule has 1 heterocycles. The first-order valence-corrected chi connectivity index (χ1v) is 8.56. The molecule has 2 N–H and O–H groups in total. The molecule has 7 heteroatoms. The average molecular weight is 385 g/mol. The van der Waals surface area contributed by atoms with Crippen molar-refractivity contribution in [3.63, 3.8) is 0 Å². The molecule has 0 aliphatic carbocycles. The predicted molar refractivity (Wildman–Crippen MR) is 102 cm³/mol. The third-order valence-corrected chi connectivity index (χ3v) is 4.21. The second-order valence-corrected chi connectivity index (χ2v) is 6.24. The summed E-state index contributed by atoms with van der Waals surface area (Å²) in [5.74, 6) is 0.101. The molecule has 0 saturated heterocycles. The Hall–Kier alpha value is -3.35. The number of carbonyl (C=O) groups is 1. The summed E-state index contributed by atoms with van der Waals surface area (Å²) >= 11 is 0. The first-order chi connectivity index (χ1) is 13.3. The minimum Gasteiger partial charge on any atom is -0.366 e. The molecule has 3 aromatic rings. The molecular formula is C21H18F3N3O. The van der Waals surface area contributed by atoms with Gasteiger partial charge < -0.3 is 10.6 Å². The summed E-state index contributed by atoms with van der Waals surface area (Å²) < 4.78 is 37.8. The number of nitrogens with zero attached hydrogens (tertiary/aromatic N) is 1. The van der Waals surface area contributed by atoms with Crippen molar-refractivity contribution in [1.82, 2.24) is 4.98 Å². The Labute approximate surface area is 160 Å². The number of alkyl halides is 3. The molecule has 144 valence electrons. The van der Waals surface area contributed by atoms with Crippen LogP contribution in [0.4, 0.5) is 24.7 Å². The number of amides is 1. The summed E-state index contributed by atoms with van der Waals surface area (Å²) in [6.45, 7) is 2.57. The summed E-state index contributed by atoms with van der Waals surface area (Å²) in [7, 11) is 0. The molecule has 0 atom stereocenters. The van der Waals surface area contributed by atoms with Crippen LogP contribution in [-0.4, -0.2) is 10.9 Å². The van der Waals surface area contributed by atoms with Gasteiger partial charge in [0.25, 0.3) is 5.91 Å². The molecular weight excluding hydrogens is 367 g/mol. The maximum Gasteiger partial charge on any atom is 0.416 e. The van der Waals surface area contributed by atoms with Crippen LogP contribution in [0, 0.1) is 6.92 Å². The van der Waals surface area contributed by atoms with Crippen molar-refractivity contribution in [2.45, 2.75) is 19.6 Å². The molecule has 28 heavy (non-hydrogen) atoms. The van der Waals surface area contributed by atoms with E-state index in [1.54, 1.807) is 12.1 Å². The SMILES string of the molecule is Cc1ccccc1CNc1cc(C(=O)Nc2ccc(C(F)(F)F)cc2)ccn1. The Morgan fingerprint density at radius 3 is 2.43 bits per heavy atom. The molecule has 0 unspecified atom stereocenters. The lowest BCUT2D eigenvalue weighted by atomic mass is 10.1. The predicted octanol–water partition coefficient (Wildman–Crippen LogP) is 5.27. The zero-order chi connectivity index (χ0) is 20.1. The Bertz CT molecular complexity index is 969. The number of halogens is 3. The second kappa shape index (κ2) is 8.12. The number of aryl methyl sites for hydroxylation is 1. The van der Waals surface area contributed by atoms with Crippen molar-refractivity contribution in [3.8, 4) is 0 Å². The molecule has 0 spiro atoms. The van der Waals surface area contributed by atoms with Gasteiger partial charge in [0.05, 0.1) is 5.56 Å². The molecule has 3 rings (SSSR count). The highest BCUT2D eigenvalue weighted by molar-refractivity contribution is 6.04. The van der Waals surface area contributed by atoms with E-state index in [1.165, 1.54) is 18.3 Å². The number of rotatable bonds is 5. The highest BCUT2D eigenvalue weighted by Gasteiger charge is 2.30. The van der Waals surface area contributed by atoms with E-state index < -0.39 is 17.6 Å². The Morgan fingerprint density at radius 1 is 1.04 bits per heavy atom. The summed E-state index contributed by atoms with van der Waals surface area (Å²) in [6, 6.07) is 15.4. The van der Waals surface area contributed by atoms with Gasteiger partial charge >= 0.3 is 6.18 Å². The van der Waals surface area contributed by atoms with Gasteiger partial charge in [-0.3, -0.25) is 4.79 Å². The van der Waals surface area contributed by atoms with Crippen molar-refractivity contribution in [2.75, 3.05) is 10.6 Å². The fourth-order valence-corrected chi connectivity index (χ4v) is 2.61. The number of pyridine rings is 1. The van der Waals surface area contributed by atoms with Gasteiger partial charge in [-0.05, 0) is 54.4 Å². The van der Waals surface area contributed by atoms with Crippen LogP contribution in [0.3, 0.4) is 0 Å². The van der Waals surface area contributed by atoms with Gasteiger partial charge in [-0.1, -0.05) is 24.3 Å². The average Bonchev–Trinajstić information content (AvgIpc) is 2.67. The van der Waals surface area contributed by atoms with Crippen LogP contribution < -0.4 is 10.6 Å². The zero-order valence-electron chi connectivity index (χ0n) is 15.0. The van der Waals surface area contributed by atoms with E-state index in [9.17, 15) is 18.0 Å². The van der Waals surface area contributed by atoms with Crippen LogP contribution in [0.25, 0.3) is 0 Å². The van der Waals surface area contributed by atoms with Gasteiger partial charge in [-0.15, -0.1) is 0 Å². The molecule has 0 aliphatic rings. The second-order valence-electron chi connectivity index (χ2n) is 6.24. The van der Waals surface area contributed by atoms with Gasteiger partial charge in [0.2, 0.25) is 0 Å². The molecule has 0 bridgehead atoms. The first kappa shape index (κ1) is 19.4. The fraction of sp³-hybridized carbons (Fsp3) is 0.143. The van der Waals surface area contributed by atoms with E-state index in [0.717, 1.165) is 23.3 Å². The lowest BCUT2D eigenvalue weighted by Crippen LogP contribution is -2.13. The van der Waals surface area contributed by atoms with Crippen molar-refractivity contribution in [3.05, 3.63) is 89.1 Å². The number of benzene rings is 2. The third-order valence-electron chi connectivity index (χ3n) is 4.21. The van der Waals surface area contributed by atoms with E-state index in [0.29, 0.717) is 17.9 Å². The highest BCUT2D eigenvalue weighted by atomic mass is 19.4. The molecule has 1 amide bonds. The first-order valence-electron chi connectivity index (χ1n) is 8.56. The molecule has 4 nitrogen and oxygen atoms in total. The van der Waals surface area contributed by atoms with Crippen LogP contribution in [0.2, 0.25) is 0 Å². The summed E-state index contributed by atoms with van der Waals surface area (Å²) in [5, 5.41) is 5.75. The molecule has 0 aliphatic heterocycles. The number of carbonyl (C=O) groups excluding carboxylic acids is 1. The number of hydrogen-bond donors (Lipinski definition) is 2. The topological polar surface area (TPSA) is 54.0 Å². The van der Waals surface area contributed by atoms with Gasteiger partial charge in [0, 0.05) is 24.0 Å². The minimum atomic E-state index is -4.41. The van der Waals surface area contributed by atoms with Gasteiger partial charge in [0.15, 0.2) is 0 Å². The van der Waals surface area contributed by atoms with Crippen LogP contribution in [0.5, 0.6) is 0 Å². The number of aromatic nitrogens is 1. The number of anilines is 2. The summed E-state index contributed by atoms with van der Waals surface area (Å²) in [6.07, 6.45) is -2.91. The number of nitrogens with one attached hydrogen (secondary N) is 2. The normalized spacial score (nSPS) is 11.1. The van der Waals surface area contributed by atoms with E-state index in [2.05, 4.69) is 15.6 Å². The van der Waals surface area contributed by atoms with E-state index in [-0.39, 0.29) is 5.69 Å². The zero-order valence-corrected chi connectivity index (χ0v) is 15.0. The lowest BCUT2D eigenvalue weighted by Gasteiger charge is -2.11. The Morgan fingerprint density at radius 2 is 1.75 bits per heavy atom. The monoisotopic (exact) mass is 385 g/mol. The fourth-order valence-electron chi connectivity index (χ4n) is 2.61. The maximum absolute atomic E-state index is 12.6. The van der Waals surface area contributed by atoms with Gasteiger partial charge in [-0.25, -0.2) is 4.98 Å².